The molecule has 316 valence electrons. The maximum Gasteiger partial charge on any atom is 0.220 e. The van der Waals surface area contributed by atoms with Gasteiger partial charge < -0.3 is 20.6 Å². The van der Waals surface area contributed by atoms with E-state index in [9.17, 15) is 20.1 Å². The number of hydrogen-bond donors (Lipinski definition) is 4. The first-order valence-electron chi connectivity index (χ1n) is 23.4. The zero-order chi connectivity index (χ0) is 39.4. The van der Waals surface area contributed by atoms with E-state index in [4.69, 9.17) is 0 Å². The number of rotatable bonds is 42. The average molecular weight is 758 g/mol. The Labute approximate surface area is 336 Å². The standard InChI is InChI=1S/C49H91NO4/c1-3-5-7-9-11-13-14-15-16-17-18-19-20-21-22-23-24-25-26-27-28-29-30-31-32-33-34-36-38-40-42-44-48(53)50-46(45-51)49(54)47(52)43-41-39-37-35-12-10-8-6-4-2/h6,8,18-19,21-22,35,37,46-47,49,51-52,54H,3-5,7,9-17,20,23-34,36,38-45H2,1-2H3,(H,50,53)/b8-6+,19-18-,22-21-,37-35+. The predicted octanol–water partition coefficient (Wildman–Crippen LogP) is 13.7. The van der Waals surface area contributed by atoms with Gasteiger partial charge in [-0.3, -0.25) is 4.79 Å². The van der Waals surface area contributed by atoms with Crippen molar-refractivity contribution in [2.45, 2.75) is 250 Å². The molecule has 0 aliphatic carbocycles. The van der Waals surface area contributed by atoms with Gasteiger partial charge in [0.1, 0.15) is 6.10 Å². The van der Waals surface area contributed by atoms with Crippen molar-refractivity contribution in [3.8, 4) is 0 Å². The van der Waals surface area contributed by atoms with Crippen molar-refractivity contribution in [1.82, 2.24) is 5.32 Å². The Hall–Kier alpha value is -1.69. The third-order valence-corrected chi connectivity index (χ3v) is 10.6. The summed E-state index contributed by atoms with van der Waals surface area (Å²) in [7, 11) is 0. The normalized spacial score (nSPS) is 13.9. The fourth-order valence-electron chi connectivity index (χ4n) is 7.04. The highest BCUT2D eigenvalue weighted by molar-refractivity contribution is 5.76. The van der Waals surface area contributed by atoms with Crippen molar-refractivity contribution in [3.63, 3.8) is 0 Å². The summed E-state index contributed by atoms with van der Waals surface area (Å²) in [5, 5.41) is 33.3. The Balaban J connectivity index is 3.51. The lowest BCUT2D eigenvalue weighted by atomic mass is 10.0. The van der Waals surface area contributed by atoms with Crippen molar-refractivity contribution >= 4 is 5.91 Å². The quantitative estimate of drug-likeness (QED) is 0.0369. The SMILES string of the molecule is CC/C=C/CC/C=C/CCCC(O)C(O)C(CO)NC(=O)CCCCCCCCCCCCCCCCC/C=C\C/C=C\CCCCCCCCCCC. The lowest BCUT2D eigenvalue weighted by Gasteiger charge is -2.26. The topological polar surface area (TPSA) is 89.8 Å². The molecule has 54 heavy (non-hydrogen) atoms. The summed E-state index contributed by atoms with van der Waals surface area (Å²) >= 11 is 0. The van der Waals surface area contributed by atoms with Gasteiger partial charge in [0.2, 0.25) is 5.91 Å². The first-order chi connectivity index (χ1) is 26.6. The zero-order valence-corrected chi connectivity index (χ0v) is 35.8. The van der Waals surface area contributed by atoms with E-state index in [0.717, 1.165) is 57.8 Å². The maximum absolute atomic E-state index is 12.4. The van der Waals surface area contributed by atoms with E-state index in [2.05, 4.69) is 67.8 Å². The lowest BCUT2D eigenvalue weighted by molar-refractivity contribution is -0.124. The minimum atomic E-state index is -1.17. The maximum atomic E-state index is 12.4. The minimum Gasteiger partial charge on any atom is -0.394 e. The van der Waals surface area contributed by atoms with E-state index in [1.807, 2.05) is 0 Å². The highest BCUT2D eigenvalue weighted by atomic mass is 16.3. The molecule has 0 radical (unpaired) electrons. The van der Waals surface area contributed by atoms with E-state index in [0.29, 0.717) is 12.8 Å². The molecule has 0 fully saturated rings. The predicted molar refractivity (Wildman–Crippen MR) is 236 cm³/mol. The van der Waals surface area contributed by atoms with Crippen LogP contribution in [0.4, 0.5) is 0 Å². The Bertz CT molecular complexity index is 881. The van der Waals surface area contributed by atoms with Crippen LogP contribution in [0.5, 0.6) is 0 Å². The molecule has 3 atom stereocenters. The van der Waals surface area contributed by atoms with Crippen LogP contribution in [0.25, 0.3) is 0 Å². The van der Waals surface area contributed by atoms with Crippen molar-refractivity contribution in [1.29, 1.82) is 0 Å². The molecule has 0 aliphatic heterocycles. The second-order valence-corrected chi connectivity index (χ2v) is 15.9. The first-order valence-corrected chi connectivity index (χ1v) is 23.4. The minimum absolute atomic E-state index is 0.161. The molecule has 0 aromatic carbocycles. The Morgan fingerprint density at radius 3 is 1.33 bits per heavy atom. The third kappa shape index (κ3) is 38.6. The van der Waals surface area contributed by atoms with Gasteiger partial charge in [-0.2, -0.15) is 0 Å². The molecule has 1 amide bonds. The zero-order valence-electron chi connectivity index (χ0n) is 35.8. The number of hydrogen-bond acceptors (Lipinski definition) is 4. The summed E-state index contributed by atoms with van der Waals surface area (Å²) in [4.78, 5) is 12.4. The molecule has 0 aliphatic rings. The molecule has 0 rings (SSSR count). The highest BCUT2D eigenvalue weighted by Gasteiger charge is 2.26. The summed E-state index contributed by atoms with van der Waals surface area (Å²) in [5.74, 6) is -0.161. The van der Waals surface area contributed by atoms with Gasteiger partial charge in [0, 0.05) is 6.42 Å². The number of aliphatic hydroxyl groups excluding tert-OH is 3. The largest absolute Gasteiger partial charge is 0.394 e. The van der Waals surface area contributed by atoms with E-state index in [1.54, 1.807) is 0 Å². The molecule has 0 saturated carbocycles. The molecule has 0 aromatic heterocycles. The molecule has 0 bridgehead atoms. The van der Waals surface area contributed by atoms with Crippen LogP contribution in [-0.4, -0.2) is 46.1 Å². The van der Waals surface area contributed by atoms with Gasteiger partial charge >= 0.3 is 0 Å². The van der Waals surface area contributed by atoms with E-state index in [-0.39, 0.29) is 12.5 Å². The number of unbranched alkanes of at least 4 members (excludes halogenated alkanes) is 26. The van der Waals surface area contributed by atoms with E-state index >= 15 is 0 Å². The monoisotopic (exact) mass is 758 g/mol. The summed E-state index contributed by atoms with van der Waals surface area (Å²) in [6.07, 6.45) is 56.9. The van der Waals surface area contributed by atoms with Crippen molar-refractivity contribution in [2.24, 2.45) is 0 Å². The van der Waals surface area contributed by atoms with Gasteiger partial charge in [-0.25, -0.2) is 0 Å². The Morgan fingerprint density at radius 1 is 0.481 bits per heavy atom. The summed E-state index contributed by atoms with van der Waals surface area (Å²) in [6, 6.07) is -0.831. The number of aliphatic hydroxyl groups is 3. The van der Waals surface area contributed by atoms with Gasteiger partial charge in [0.25, 0.3) is 0 Å². The molecule has 3 unspecified atom stereocenters. The number of allylic oxidation sites excluding steroid dienone is 8. The fourth-order valence-corrected chi connectivity index (χ4v) is 7.04. The van der Waals surface area contributed by atoms with Crippen LogP contribution >= 0.6 is 0 Å². The van der Waals surface area contributed by atoms with Gasteiger partial charge in [0.05, 0.1) is 18.8 Å². The average Bonchev–Trinajstić information content (AvgIpc) is 3.18. The molecule has 0 spiro atoms. The van der Waals surface area contributed by atoms with Crippen molar-refractivity contribution in [2.75, 3.05) is 6.61 Å². The highest BCUT2D eigenvalue weighted by Crippen LogP contribution is 2.15. The number of amides is 1. The second-order valence-electron chi connectivity index (χ2n) is 15.9. The van der Waals surface area contributed by atoms with Crippen molar-refractivity contribution in [3.05, 3.63) is 48.6 Å². The van der Waals surface area contributed by atoms with Crippen LogP contribution in [-0.2, 0) is 4.79 Å². The second kappa shape index (κ2) is 44.0. The van der Waals surface area contributed by atoms with Gasteiger partial charge in [-0.15, -0.1) is 0 Å². The van der Waals surface area contributed by atoms with Crippen LogP contribution in [0.15, 0.2) is 48.6 Å². The van der Waals surface area contributed by atoms with Crippen LogP contribution < -0.4 is 5.32 Å². The van der Waals surface area contributed by atoms with E-state index < -0.39 is 18.2 Å². The number of nitrogens with one attached hydrogen (secondary N) is 1. The molecular formula is C49H91NO4. The third-order valence-electron chi connectivity index (χ3n) is 10.6. The molecule has 5 heteroatoms. The fraction of sp³-hybridized carbons (Fsp3) is 0.816. The van der Waals surface area contributed by atoms with E-state index in [1.165, 1.54) is 148 Å². The molecule has 4 N–H and O–H groups in total. The smallest absolute Gasteiger partial charge is 0.220 e. The van der Waals surface area contributed by atoms with Crippen LogP contribution in [0.3, 0.4) is 0 Å². The van der Waals surface area contributed by atoms with Gasteiger partial charge in [-0.1, -0.05) is 197 Å². The Kier molecular flexibility index (Phi) is 42.7. The van der Waals surface area contributed by atoms with Crippen molar-refractivity contribution < 1.29 is 20.1 Å². The van der Waals surface area contributed by atoms with Gasteiger partial charge in [0.15, 0.2) is 0 Å². The van der Waals surface area contributed by atoms with Crippen LogP contribution in [0, 0.1) is 0 Å². The summed E-state index contributed by atoms with van der Waals surface area (Å²) in [5.41, 5.74) is 0. The van der Waals surface area contributed by atoms with Crippen LogP contribution in [0.2, 0.25) is 0 Å². The number of carbonyl (C=O) groups is 1. The lowest BCUT2D eigenvalue weighted by Crippen LogP contribution is -2.50. The molecular weight excluding hydrogens is 667 g/mol. The summed E-state index contributed by atoms with van der Waals surface area (Å²) in [6.45, 7) is 4.03. The number of carbonyl (C=O) groups excluding carboxylic acids is 1. The summed E-state index contributed by atoms with van der Waals surface area (Å²) < 4.78 is 0. The van der Waals surface area contributed by atoms with Crippen LogP contribution in [0.1, 0.15) is 232 Å². The molecule has 0 heterocycles. The molecule has 5 nitrogen and oxygen atoms in total. The molecule has 0 saturated heterocycles. The van der Waals surface area contributed by atoms with Gasteiger partial charge in [-0.05, 0) is 77.0 Å². The first kappa shape index (κ1) is 52.3. The Morgan fingerprint density at radius 2 is 0.870 bits per heavy atom. The molecule has 0 aromatic rings.